The summed E-state index contributed by atoms with van der Waals surface area (Å²) >= 11 is 0. The van der Waals surface area contributed by atoms with E-state index >= 15 is 0 Å². The largest absolute Gasteiger partial charge is 0.289 e. The minimum absolute atomic E-state index is 0.154. The van der Waals surface area contributed by atoms with E-state index in [4.69, 9.17) is 0 Å². The molecule has 0 aromatic heterocycles. The minimum atomic E-state index is -0.341. The number of hydrogen-bond donors (Lipinski definition) is 0. The number of rotatable bonds is 1. The molecule has 0 fully saturated rings. The van der Waals surface area contributed by atoms with E-state index in [9.17, 15) is 14.0 Å². The zero-order valence-corrected chi connectivity index (χ0v) is 12.0. The summed E-state index contributed by atoms with van der Waals surface area (Å²) in [7, 11) is 0. The standard InChI is InChI=1S/C20H11FO2/c21-13-10-8-12(9-11-13)14-6-3-7-17-18(14)20(23)16-5-2-1-4-15(16)19(17)22/h1-11H. The Bertz CT molecular complexity index is 956. The predicted octanol–water partition coefficient (Wildman–Crippen LogP) is 4.27. The topological polar surface area (TPSA) is 34.1 Å². The Kier molecular flexibility index (Phi) is 2.95. The second kappa shape index (κ2) is 4.99. The van der Waals surface area contributed by atoms with Gasteiger partial charge in [-0.1, -0.05) is 54.6 Å². The van der Waals surface area contributed by atoms with Crippen LogP contribution in [0.2, 0.25) is 0 Å². The Balaban J connectivity index is 1.99. The molecule has 110 valence electrons. The summed E-state index contributed by atoms with van der Waals surface area (Å²) in [5.41, 5.74) is 3.00. The number of ketones is 2. The highest BCUT2D eigenvalue weighted by atomic mass is 19.1. The summed E-state index contributed by atoms with van der Waals surface area (Å²) in [4.78, 5) is 25.6. The molecule has 0 saturated carbocycles. The zero-order chi connectivity index (χ0) is 16.0. The molecule has 0 aliphatic heterocycles. The lowest BCUT2D eigenvalue weighted by Gasteiger charge is -2.20. The molecule has 0 amide bonds. The molecule has 0 spiro atoms. The van der Waals surface area contributed by atoms with Crippen molar-refractivity contribution in [3.05, 3.63) is 94.8 Å². The number of benzene rings is 3. The highest BCUT2D eigenvalue weighted by molar-refractivity contribution is 6.30. The summed E-state index contributed by atoms with van der Waals surface area (Å²) in [6, 6.07) is 17.9. The molecule has 0 saturated heterocycles. The molecule has 2 nitrogen and oxygen atoms in total. The van der Waals surface area contributed by atoms with Gasteiger partial charge < -0.3 is 0 Å². The molecule has 1 aliphatic carbocycles. The van der Waals surface area contributed by atoms with E-state index in [-0.39, 0.29) is 17.4 Å². The second-order valence-corrected chi connectivity index (χ2v) is 5.44. The molecule has 4 rings (SSSR count). The Labute approximate surface area is 132 Å². The number of fused-ring (bicyclic) bond motifs is 2. The van der Waals surface area contributed by atoms with Crippen LogP contribution in [-0.2, 0) is 0 Å². The lowest BCUT2D eigenvalue weighted by molar-refractivity contribution is 0.0979. The van der Waals surface area contributed by atoms with Gasteiger partial charge in [0.1, 0.15) is 5.82 Å². The maximum Gasteiger partial charge on any atom is 0.195 e. The summed E-state index contributed by atoms with van der Waals surface area (Å²) in [6.45, 7) is 0. The van der Waals surface area contributed by atoms with Gasteiger partial charge in [-0.2, -0.15) is 0 Å². The molecule has 0 bridgehead atoms. The molecular weight excluding hydrogens is 291 g/mol. The van der Waals surface area contributed by atoms with Gasteiger partial charge in [0.15, 0.2) is 11.6 Å². The fourth-order valence-electron chi connectivity index (χ4n) is 3.02. The van der Waals surface area contributed by atoms with Crippen molar-refractivity contribution in [1.82, 2.24) is 0 Å². The van der Waals surface area contributed by atoms with Crippen molar-refractivity contribution in [1.29, 1.82) is 0 Å². The third-order valence-corrected chi connectivity index (χ3v) is 4.11. The first-order chi connectivity index (χ1) is 11.2. The number of carbonyl (C=O) groups is 2. The first-order valence-electron chi connectivity index (χ1n) is 7.24. The van der Waals surface area contributed by atoms with Gasteiger partial charge in [-0.3, -0.25) is 9.59 Å². The highest BCUT2D eigenvalue weighted by Gasteiger charge is 2.31. The summed E-state index contributed by atoms with van der Waals surface area (Å²) in [6.07, 6.45) is 0. The van der Waals surface area contributed by atoms with Crippen molar-refractivity contribution in [2.45, 2.75) is 0 Å². The van der Waals surface area contributed by atoms with Crippen LogP contribution in [0.25, 0.3) is 11.1 Å². The molecule has 0 atom stereocenters. The molecule has 0 radical (unpaired) electrons. The maximum atomic E-state index is 13.2. The SMILES string of the molecule is O=C1c2ccccc2C(=O)c2c1cccc2-c1ccc(F)cc1. The quantitative estimate of drug-likeness (QED) is 0.526. The van der Waals surface area contributed by atoms with Crippen LogP contribution in [0, 0.1) is 5.82 Å². The third-order valence-electron chi connectivity index (χ3n) is 4.11. The van der Waals surface area contributed by atoms with Crippen molar-refractivity contribution in [3.63, 3.8) is 0 Å². The monoisotopic (exact) mass is 302 g/mol. The minimum Gasteiger partial charge on any atom is -0.289 e. The zero-order valence-electron chi connectivity index (χ0n) is 12.0. The van der Waals surface area contributed by atoms with Crippen molar-refractivity contribution < 1.29 is 14.0 Å². The molecular formula is C20H11FO2. The van der Waals surface area contributed by atoms with Crippen molar-refractivity contribution >= 4 is 11.6 Å². The van der Waals surface area contributed by atoms with E-state index in [2.05, 4.69) is 0 Å². The highest BCUT2D eigenvalue weighted by Crippen LogP contribution is 2.34. The average Bonchev–Trinajstić information content (AvgIpc) is 2.60. The summed E-state index contributed by atoms with van der Waals surface area (Å²) < 4.78 is 13.2. The Morgan fingerprint density at radius 2 is 1.13 bits per heavy atom. The van der Waals surface area contributed by atoms with Crippen LogP contribution in [0.1, 0.15) is 31.8 Å². The van der Waals surface area contributed by atoms with Crippen LogP contribution in [0.15, 0.2) is 66.7 Å². The molecule has 0 N–H and O–H groups in total. The first-order valence-corrected chi connectivity index (χ1v) is 7.24. The Hall–Kier alpha value is -3.07. The lowest BCUT2D eigenvalue weighted by Crippen LogP contribution is -2.21. The van der Waals surface area contributed by atoms with Crippen LogP contribution in [0.5, 0.6) is 0 Å². The van der Waals surface area contributed by atoms with Gasteiger partial charge in [0, 0.05) is 22.3 Å². The molecule has 0 heterocycles. The fourth-order valence-corrected chi connectivity index (χ4v) is 3.02. The van der Waals surface area contributed by atoms with E-state index in [0.717, 1.165) is 0 Å². The van der Waals surface area contributed by atoms with Crippen LogP contribution in [0.4, 0.5) is 4.39 Å². The van der Waals surface area contributed by atoms with Gasteiger partial charge in [-0.15, -0.1) is 0 Å². The average molecular weight is 302 g/mol. The van der Waals surface area contributed by atoms with E-state index in [1.807, 2.05) is 0 Å². The summed E-state index contributed by atoms with van der Waals surface area (Å²) in [5.74, 6) is -0.666. The van der Waals surface area contributed by atoms with Gasteiger partial charge in [0.05, 0.1) is 0 Å². The van der Waals surface area contributed by atoms with Crippen LogP contribution in [-0.4, -0.2) is 11.6 Å². The van der Waals surface area contributed by atoms with Crippen molar-refractivity contribution in [2.24, 2.45) is 0 Å². The number of halogens is 1. The van der Waals surface area contributed by atoms with E-state index in [1.165, 1.54) is 12.1 Å². The first kappa shape index (κ1) is 13.6. The fraction of sp³-hybridized carbons (Fsp3) is 0. The van der Waals surface area contributed by atoms with Gasteiger partial charge in [0.25, 0.3) is 0 Å². The molecule has 3 heteroatoms. The molecule has 1 aliphatic rings. The Morgan fingerprint density at radius 3 is 1.83 bits per heavy atom. The van der Waals surface area contributed by atoms with Gasteiger partial charge in [0.2, 0.25) is 0 Å². The van der Waals surface area contributed by atoms with Crippen molar-refractivity contribution in [3.8, 4) is 11.1 Å². The molecule has 3 aromatic rings. The van der Waals surface area contributed by atoms with Gasteiger partial charge in [-0.25, -0.2) is 4.39 Å². The Morgan fingerprint density at radius 1 is 0.565 bits per heavy atom. The van der Waals surface area contributed by atoms with E-state index in [1.54, 1.807) is 54.6 Å². The normalized spacial score (nSPS) is 12.7. The molecule has 23 heavy (non-hydrogen) atoms. The van der Waals surface area contributed by atoms with Crippen LogP contribution in [0.3, 0.4) is 0 Å². The van der Waals surface area contributed by atoms with E-state index in [0.29, 0.717) is 33.4 Å². The molecule has 0 unspecified atom stereocenters. The smallest absolute Gasteiger partial charge is 0.195 e. The summed E-state index contributed by atoms with van der Waals surface area (Å²) in [5, 5.41) is 0. The maximum absolute atomic E-state index is 13.2. The van der Waals surface area contributed by atoms with Crippen molar-refractivity contribution in [2.75, 3.05) is 0 Å². The van der Waals surface area contributed by atoms with Gasteiger partial charge >= 0.3 is 0 Å². The third kappa shape index (κ3) is 2.01. The van der Waals surface area contributed by atoms with E-state index < -0.39 is 0 Å². The number of hydrogen-bond acceptors (Lipinski definition) is 2. The lowest BCUT2D eigenvalue weighted by atomic mass is 9.80. The molecule has 3 aromatic carbocycles. The van der Waals surface area contributed by atoms with Crippen LogP contribution >= 0.6 is 0 Å². The number of carbonyl (C=O) groups excluding carboxylic acids is 2. The second-order valence-electron chi connectivity index (χ2n) is 5.44. The van der Waals surface area contributed by atoms with Crippen LogP contribution < -0.4 is 0 Å². The predicted molar refractivity (Wildman–Crippen MR) is 85.1 cm³/mol. The van der Waals surface area contributed by atoms with Gasteiger partial charge in [-0.05, 0) is 23.3 Å².